The maximum atomic E-state index is 11.7. The molecule has 0 aromatic carbocycles. The summed E-state index contributed by atoms with van der Waals surface area (Å²) in [5.74, 6) is 0.537. The summed E-state index contributed by atoms with van der Waals surface area (Å²) in [5, 5.41) is 5.17. The highest BCUT2D eigenvalue weighted by Gasteiger charge is 2.28. The van der Waals surface area contributed by atoms with Crippen LogP contribution >= 0.6 is 11.3 Å². The maximum Gasteiger partial charge on any atom is 0.223 e. The molecule has 0 atom stereocenters. The van der Waals surface area contributed by atoms with Crippen LogP contribution in [0, 0.1) is 5.92 Å². The average Bonchev–Trinajstić information content (AvgIpc) is 2.65. The van der Waals surface area contributed by atoms with Crippen LogP contribution in [0.25, 0.3) is 0 Å². The fourth-order valence-corrected chi connectivity index (χ4v) is 2.73. The molecule has 0 unspecified atom stereocenters. The zero-order chi connectivity index (χ0) is 11.6. The lowest BCUT2D eigenvalue weighted by Crippen LogP contribution is -2.41. The SMILES string of the molecule is CC(C)(CNC(=O)C1CCC1)c1cccs1. The van der Waals surface area contributed by atoms with Crippen molar-refractivity contribution in [3.8, 4) is 0 Å². The summed E-state index contributed by atoms with van der Waals surface area (Å²) in [6.45, 7) is 5.10. The van der Waals surface area contributed by atoms with E-state index in [9.17, 15) is 4.79 Å². The molecule has 16 heavy (non-hydrogen) atoms. The van der Waals surface area contributed by atoms with Gasteiger partial charge in [0.2, 0.25) is 5.91 Å². The van der Waals surface area contributed by atoms with Crippen molar-refractivity contribution in [1.82, 2.24) is 5.32 Å². The number of carbonyl (C=O) groups is 1. The van der Waals surface area contributed by atoms with Crippen LogP contribution < -0.4 is 5.32 Å². The molecule has 0 radical (unpaired) electrons. The molecule has 0 aliphatic heterocycles. The van der Waals surface area contributed by atoms with Crippen LogP contribution in [0.4, 0.5) is 0 Å². The number of rotatable bonds is 4. The van der Waals surface area contributed by atoms with E-state index < -0.39 is 0 Å². The van der Waals surface area contributed by atoms with Gasteiger partial charge in [-0.25, -0.2) is 0 Å². The van der Waals surface area contributed by atoms with E-state index in [1.807, 2.05) is 0 Å². The lowest BCUT2D eigenvalue weighted by Gasteiger charge is -2.28. The fourth-order valence-electron chi connectivity index (χ4n) is 1.87. The van der Waals surface area contributed by atoms with Crippen molar-refractivity contribution in [3.05, 3.63) is 22.4 Å². The molecule has 1 aliphatic carbocycles. The third-order valence-corrected chi connectivity index (χ3v) is 4.60. The van der Waals surface area contributed by atoms with Gasteiger partial charge in [-0.15, -0.1) is 11.3 Å². The minimum absolute atomic E-state index is 0.0492. The van der Waals surface area contributed by atoms with Crippen molar-refractivity contribution in [2.24, 2.45) is 5.92 Å². The lowest BCUT2D eigenvalue weighted by molar-refractivity contribution is -0.127. The van der Waals surface area contributed by atoms with Crippen LogP contribution in [0.15, 0.2) is 17.5 Å². The van der Waals surface area contributed by atoms with E-state index >= 15 is 0 Å². The Labute approximate surface area is 101 Å². The Balaban J connectivity index is 1.86. The molecule has 1 fully saturated rings. The van der Waals surface area contributed by atoms with Crippen LogP contribution in [0.5, 0.6) is 0 Å². The Morgan fingerprint density at radius 3 is 2.81 bits per heavy atom. The Kier molecular flexibility index (Phi) is 3.33. The van der Waals surface area contributed by atoms with Crippen LogP contribution in [0.3, 0.4) is 0 Å². The molecule has 3 heteroatoms. The highest BCUT2D eigenvalue weighted by molar-refractivity contribution is 7.10. The van der Waals surface area contributed by atoms with E-state index in [2.05, 4.69) is 36.7 Å². The largest absolute Gasteiger partial charge is 0.355 e. The molecular formula is C13H19NOS. The van der Waals surface area contributed by atoms with Crippen LogP contribution in [-0.2, 0) is 10.2 Å². The molecule has 1 aromatic heterocycles. The van der Waals surface area contributed by atoms with Gasteiger partial charge < -0.3 is 5.32 Å². The van der Waals surface area contributed by atoms with Crippen molar-refractivity contribution < 1.29 is 4.79 Å². The summed E-state index contributed by atoms with van der Waals surface area (Å²) in [6.07, 6.45) is 3.36. The number of amides is 1. The van der Waals surface area contributed by atoms with E-state index in [4.69, 9.17) is 0 Å². The van der Waals surface area contributed by atoms with Gasteiger partial charge in [-0.3, -0.25) is 4.79 Å². The molecular weight excluding hydrogens is 218 g/mol. The number of hydrogen-bond donors (Lipinski definition) is 1. The Hall–Kier alpha value is -0.830. The zero-order valence-corrected chi connectivity index (χ0v) is 10.8. The van der Waals surface area contributed by atoms with E-state index in [-0.39, 0.29) is 11.3 Å². The number of thiophene rings is 1. The summed E-state index contributed by atoms with van der Waals surface area (Å²) in [5.41, 5.74) is 0.0492. The zero-order valence-electron chi connectivity index (χ0n) is 9.95. The molecule has 0 bridgehead atoms. The van der Waals surface area contributed by atoms with Gasteiger partial charge in [-0.2, -0.15) is 0 Å². The molecule has 2 rings (SSSR count). The van der Waals surface area contributed by atoms with E-state index in [0.717, 1.165) is 19.4 Å². The van der Waals surface area contributed by atoms with Gasteiger partial charge in [-0.1, -0.05) is 26.3 Å². The van der Waals surface area contributed by atoms with Crippen molar-refractivity contribution in [3.63, 3.8) is 0 Å². The first-order valence-corrected chi connectivity index (χ1v) is 6.79. The van der Waals surface area contributed by atoms with Crippen molar-refractivity contribution >= 4 is 17.2 Å². The highest BCUT2D eigenvalue weighted by atomic mass is 32.1. The number of carbonyl (C=O) groups excluding carboxylic acids is 1. The molecule has 1 heterocycles. The predicted octanol–water partition coefficient (Wildman–Crippen LogP) is 2.94. The summed E-state index contributed by atoms with van der Waals surface area (Å²) < 4.78 is 0. The molecule has 1 saturated carbocycles. The van der Waals surface area contributed by atoms with Crippen LogP contribution in [0.1, 0.15) is 38.0 Å². The summed E-state index contributed by atoms with van der Waals surface area (Å²) in [4.78, 5) is 13.1. The van der Waals surface area contributed by atoms with Crippen molar-refractivity contribution in [2.45, 2.75) is 38.5 Å². The minimum Gasteiger partial charge on any atom is -0.355 e. The fraction of sp³-hybridized carbons (Fsp3) is 0.615. The summed E-state index contributed by atoms with van der Waals surface area (Å²) in [7, 11) is 0. The second kappa shape index (κ2) is 4.58. The molecule has 0 saturated heterocycles. The Morgan fingerprint density at radius 1 is 1.56 bits per heavy atom. The first kappa shape index (κ1) is 11.6. The quantitative estimate of drug-likeness (QED) is 0.857. The van der Waals surface area contributed by atoms with Crippen molar-refractivity contribution in [2.75, 3.05) is 6.54 Å². The van der Waals surface area contributed by atoms with E-state index in [1.54, 1.807) is 11.3 Å². The number of hydrogen-bond acceptors (Lipinski definition) is 2. The van der Waals surface area contributed by atoms with Gasteiger partial charge in [0.15, 0.2) is 0 Å². The van der Waals surface area contributed by atoms with E-state index in [1.165, 1.54) is 11.3 Å². The first-order valence-electron chi connectivity index (χ1n) is 5.91. The van der Waals surface area contributed by atoms with Crippen molar-refractivity contribution in [1.29, 1.82) is 0 Å². The van der Waals surface area contributed by atoms with Crippen LogP contribution in [0.2, 0.25) is 0 Å². The van der Waals surface area contributed by atoms with Gasteiger partial charge in [0, 0.05) is 22.8 Å². The maximum absolute atomic E-state index is 11.7. The molecule has 2 nitrogen and oxygen atoms in total. The molecule has 88 valence electrons. The second-order valence-electron chi connectivity index (χ2n) is 5.21. The van der Waals surface area contributed by atoms with Gasteiger partial charge >= 0.3 is 0 Å². The Morgan fingerprint density at radius 2 is 2.31 bits per heavy atom. The lowest BCUT2D eigenvalue weighted by atomic mass is 9.84. The summed E-state index contributed by atoms with van der Waals surface area (Å²) >= 11 is 1.76. The normalized spacial score (nSPS) is 16.9. The van der Waals surface area contributed by atoms with Gasteiger partial charge in [0.1, 0.15) is 0 Å². The third kappa shape index (κ3) is 2.46. The van der Waals surface area contributed by atoms with Crippen LogP contribution in [-0.4, -0.2) is 12.5 Å². The molecule has 1 aliphatic rings. The Bertz CT molecular complexity index is 352. The van der Waals surface area contributed by atoms with Gasteiger partial charge in [0.05, 0.1) is 0 Å². The van der Waals surface area contributed by atoms with E-state index in [0.29, 0.717) is 5.92 Å². The summed E-state index contributed by atoms with van der Waals surface area (Å²) in [6, 6.07) is 4.20. The molecule has 0 spiro atoms. The predicted molar refractivity (Wildman–Crippen MR) is 67.7 cm³/mol. The molecule has 1 aromatic rings. The minimum atomic E-state index is 0.0492. The molecule has 1 N–H and O–H groups in total. The number of nitrogens with one attached hydrogen (secondary N) is 1. The topological polar surface area (TPSA) is 29.1 Å². The van der Waals surface area contributed by atoms with Gasteiger partial charge in [0.25, 0.3) is 0 Å². The first-order chi connectivity index (χ1) is 7.59. The second-order valence-corrected chi connectivity index (χ2v) is 6.15. The standard InChI is InChI=1S/C13H19NOS/c1-13(2,11-7-4-8-16-11)9-14-12(15)10-5-3-6-10/h4,7-8,10H,3,5-6,9H2,1-2H3,(H,14,15). The smallest absolute Gasteiger partial charge is 0.223 e. The van der Waals surface area contributed by atoms with Gasteiger partial charge in [-0.05, 0) is 24.3 Å². The molecule has 1 amide bonds. The average molecular weight is 237 g/mol. The highest BCUT2D eigenvalue weighted by Crippen LogP contribution is 2.28. The monoisotopic (exact) mass is 237 g/mol. The third-order valence-electron chi connectivity index (χ3n) is 3.37.